The van der Waals surface area contributed by atoms with Crippen LogP contribution in [-0.2, 0) is 28.6 Å². The van der Waals surface area contributed by atoms with Crippen molar-refractivity contribution in [2.24, 2.45) is 0 Å². The Morgan fingerprint density at radius 2 is 0.714 bits per heavy atom. The van der Waals surface area contributed by atoms with E-state index in [0.717, 1.165) is 96.3 Å². The van der Waals surface area contributed by atoms with Gasteiger partial charge in [0.05, 0.1) is 0 Å². The summed E-state index contributed by atoms with van der Waals surface area (Å²) in [5.74, 6) is -0.963. The molecule has 0 aromatic carbocycles. The molecule has 56 heavy (non-hydrogen) atoms. The van der Waals surface area contributed by atoms with Gasteiger partial charge < -0.3 is 14.2 Å². The summed E-state index contributed by atoms with van der Waals surface area (Å²) in [5.41, 5.74) is 0. The highest BCUT2D eigenvalue weighted by Crippen LogP contribution is 2.13. The third-order valence-corrected chi connectivity index (χ3v) is 9.73. The lowest BCUT2D eigenvalue weighted by Gasteiger charge is -2.18. The maximum Gasteiger partial charge on any atom is 0.306 e. The zero-order valence-electron chi connectivity index (χ0n) is 36.6. The second-order valence-corrected chi connectivity index (χ2v) is 15.3. The molecule has 1 unspecified atom stereocenters. The highest BCUT2D eigenvalue weighted by molar-refractivity contribution is 5.71. The molecule has 0 aromatic rings. The zero-order valence-corrected chi connectivity index (χ0v) is 36.6. The van der Waals surface area contributed by atoms with Crippen molar-refractivity contribution >= 4 is 17.9 Å². The second-order valence-electron chi connectivity index (χ2n) is 15.3. The van der Waals surface area contributed by atoms with Crippen LogP contribution in [0.2, 0.25) is 0 Å². The molecule has 0 fully saturated rings. The minimum Gasteiger partial charge on any atom is -0.462 e. The highest BCUT2D eigenvalue weighted by Gasteiger charge is 2.19. The summed E-state index contributed by atoms with van der Waals surface area (Å²) in [6.45, 7) is 6.41. The molecule has 0 saturated heterocycles. The minimum atomic E-state index is -0.799. The van der Waals surface area contributed by atoms with Crippen molar-refractivity contribution in [1.82, 2.24) is 0 Å². The molecule has 0 aliphatic heterocycles. The Bertz CT molecular complexity index is 1040. The van der Waals surface area contributed by atoms with E-state index in [-0.39, 0.29) is 37.5 Å². The Hall–Kier alpha value is -2.89. The lowest BCUT2D eigenvalue weighted by molar-refractivity contribution is -0.167. The van der Waals surface area contributed by atoms with Crippen molar-refractivity contribution in [2.75, 3.05) is 13.2 Å². The Morgan fingerprint density at radius 3 is 1.20 bits per heavy atom. The topological polar surface area (TPSA) is 78.9 Å². The lowest BCUT2D eigenvalue weighted by atomic mass is 10.1. The normalized spacial score (nSPS) is 12.6. The fourth-order valence-electron chi connectivity index (χ4n) is 6.19. The van der Waals surface area contributed by atoms with Gasteiger partial charge in [-0.25, -0.2) is 0 Å². The van der Waals surface area contributed by atoms with Gasteiger partial charge in [0.25, 0.3) is 0 Å². The molecule has 6 heteroatoms. The van der Waals surface area contributed by atoms with E-state index in [1.54, 1.807) is 0 Å². The van der Waals surface area contributed by atoms with Gasteiger partial charge in [-0.2, -0.15) is 0 Å². The molecule has 0 aromatic heterocycles. The average Bonchev–Trinajstić information content (AvgIpc) is 3.19. The summed E-state index contributed by atoms with van der Waals surface area (Å²) in [7, 11) is 0. The van der Waals surface area contributed by atoms with Crippen LogP contribution in [0.15, 0.2) is 60.8 Å². The summed E-state index contributed by atoms with van der Waals surface area (Å²) in [4.78, 5) is 37.7. The van der Waals surface area contributed by atoms with Crippen LogP contribution in [-0.4, -0.2) is 37.2 Å². The van der Waals surface area contributed by atoms with Crippen LogP contribution >= 0.6 is 0 Å². The summed E-state index contributed by atoms with van der Waals surface area (Å²) in [5, 5.41) is 0. The van der Waals surface area contributed by atoms with E-state index >= 15 is 0 Å². The number of unbranched alkanes of at least 4 members (excludes halogenated alkanes) is 20. The van der Waals surface area contributed by atoms with Gasteiger partial charge in [0.1, 0.15) is 13.2 Å². The van der Waals surface area contributed by atoms with Crippen LogP contribution in [0.25, 0.3) is 0 Å². The van der Waals surface area contributed by atoms with Crippen molar-refractivity contribution in [3.63, 3.8) is 0 Å². The van der Waals surface area contributed by atoms with Crippen molar-refractivity contribution < 1.29 is 28.6 Å². The van der Waals surface area contributed by atoms with E-state index < -0.39 is 6.10 Å². The fourth-order valence-corrected chi connectivity index (χ4v) is 6.19. The summed E-state index contributed by atoms with van der Waals surface area (Å²) < 4.78 is 16.6. The van der Waals surface area contributed by atoms with Gasteiger partial charge >= 0.3 is 17.9 Å². The highest BCUT2D eigenvalue weighted by atomic mass is 16.6. The van der Waals surface area contributed by atoms with E-state index in [2.05, 4.69) is 81.5 Å². The predicted molar refractivity (Wildman–Crippen MR) is 238 cm³/mol. The maximum absolute atomic E-state index is 12.7. The molecule has 0 N–H and O–H groups in total. The van der Waals surface area contributed by atoms with Gasteiger partial charge in [0, 0.05) is 19.3 Å². The van der Waals surface area contributed by atoms with Gasteiger partial charge in [0.15, 0.2) is 6.10 Å². The first kappa shape index (κ1) is 53.1. The third-order valence-electron chi connectivity index (χ3n) is 9.73. The lowest BCUT2D eigenvalue weighted by Crippen LogP contribution is -2.30. The van der Waals surface area contributed by atoms with Crippen LogP contribution in [0, 0.1) is 0 Å². The van der Waals surface area contributed by atoms with Gasteiger partial charge in [-0.1, -0.05) is 165 Å². The van der Waals surface area contributed by atoms with Crippen LogP contribution in [0.1, 0.15) is 220 Å². The molecular formula is C50H86O6. The van der Waals surface area contributed by atoms with E-state index in [4.69, 9.17) is 14.2 Å². The number of hydrogen-bond donors (Lipinski definition) is 0. The van der Waals surface area contributed by atoms with Gasteiger partial charge in [-0.05, 0) is 96.3 Å². The molecule has 0 bridgehead atoms. The molecule has 0 amide bonds. The summed E-state index contributed by atoms with van der Waals surface area (Å²) in [6, 6.07) is 0. The quantitative estimate of drug-likeness (QED) is 0.0266. The zero-order chi connectivity index (χ0) is 40.8. The van der Waals surface area contributed by atoms with E-state index in [1.165, 1.54) is 77.0 Å². The molecule has 0 aliphatic carbocycles. The second kappa shape index (κ2) is 44.8. The van der Waals surface area contributed by atoms with Crippen LogP contribution in [0.5, 0.6) is 0 Å². The number of carbonyl (C=O) groups is 3. The SMILES string of the molecule is CC/C=C\C/C=C\C/C=C\CCCCC(=O)OC(COC(=O)CCCCCC/C=C\CCCC)COC(=O)CCCCCCC/C=C\CCCCCCCCC. The molecular weight excluding hydrogens is 697 g/mol. The molecule has 0 radical (unpaired) electrons. The van der Waals surface area contributed by atoms with Gasteiger partial charge in [-0.15, -0.1) is 0 Å². The first-order valence-corrected chi connectivity index (χ1v) is 23.3. The Balaban J connectivity index is 4.42. The standard InChI is InChI=1S/C50H86O6/c1-4-7-10-13-16-19-22-24-25-26-27-29-31-34-37-40-43-49(52)55-46-47(45-54-48(51)42-39-36-33-30-21-18-15-12-9-6-3)56-50(53)44-41-38-35-32-28-23-20-17-14-11-8-5-2/h8,11,15,17-18,20,25-26,28,32,47H,4-7,9-10,12-14,16,19,21-24,27,29-31,33-46H2,1-3H3/b11-8-,18-15-,20-17-,26-25-,32-28-. The minimum absolute atomic E-state index is 0.0979. The van der Waals surface area contributed by atoms with Crippen LogP contribution < -0.4 is 0 Å². The largest absolute Gasteiger partial charge is 0.462 e. The maximum atomic E-state index is 12.7. The van der Waals surface area contributed by atoms with Crippen molar-refractivity contribution in [1.29, 1.82) is 0 Å². The molecule has 1 atom stereocenters. The molecule has 6 nitrogen and oxygen atoms in total. The fraction of sp³-hybridized carbons (Fsp3) is 0.740. The Kier molecular flexibility index (Phi) is 42.5. The molecule has 0 rings (SSSR count). The van der Waals surface area contributed by atoms with E-state index in [1.807, 2.05) is 0 Å². The third kappa shape index (κ3) is 42.3. The number of hydrogen-bond acceptors (Lipinski definition) is 6. The molecule has 0 saturated carbocycles. The number of ether oxygens (including phenoxy) is 3. The van der Waals surface area contributed by atoms with Crippen LogP contribution in [0.4, 0.5) is 0 Å². The Morgan fingerprint density at radius 1 is 0.375 bits per heavy atom. The number of rotatable bonds is 41. The molecule has 0 heterocycles. The van der Waals surface area contributed by atoms with E-state index in [9.17, 15) is 14.4 Å². The first-order chi connectivity index (χ1) is 27.5. The van der Waals surface area contributed by atoms with Crippen molar-refractivity contribution in [3.05, 3.63) is 60.8 Å². The number of carbonyl (C=O) groups excluding carboxylic acids is 3. The average molecular weight is 783 g/mol. The summed E-state index contributed by atoms with van der Waals surface area (Å²) in [6.07, 6.45) is 53.5. The van der Waals surface area contributed by atoms with Gasteiger partial charge in [0.2, 0.25) is 0 Å². The number of esters is 3. The Labute approximate surface area is 345 Å². The number of allylic oxidation sites excluding steroid dienone is 10. The predicted octanol–water partition coefficient (Wildman–Crippen LogP) is 14.9. The molecule has 322 valence electrons. The first-order valence-electron chi connectivity index (χ1n) is 23.3. The monoisotopic (exact) mass is 783 g/mol. The van der Waals surface area contributed by atoms with Crippen LogP contribution in [0.3, 0.4) is 0 Å². The van der Waals surface area contributed by atoms with Crippen molar-refractivity contribution in [3.8, 4) is 0 Å². The van der Waals surface area contributed by atoms with Crippen molar-refractivity contribution in [2.45, 2.75) is 226 Å². The van der Waals surface area contributed by atoms with Gasteiger partial charge in [-0.3, -0.25) is 14.4 Å². The van der Waals surface area contributed by atoms with E-state index in [0.29, 0.717) is 19.3 Å². The summed E-state index contributed by atoms with van der Waals surface area (Å²) >= 11 is 0. The smallest absolute Gasteiger partial charge is 0.306 e. The molecule has 0 aliphatic rings. The molecule has 0 spiro atoms.